The highest BCUT2D eigenvalue weighted by Crippen LogP contribution is 2.38. The maximum Gasteiger partial charge on any atom is 0.235 e. The van der Waals surface area contributed by atoms with Gasteiger partial charge in [-0.1, -0.05) is 41.7 Å². The molecular formula is C20H14N4O3S. The van der Waals surface area contributed by atoms with Gasteiger partial charge in [0, 0.05) is 10.9 Å². The van der Waals surface area contributed by atoms with Crippen LogP contribution in [0.5, 0.6) is 11.5 Å². The molecule has 0 aliphatic carbocycles. The van der Waals surface area contributed by atoms with Gasteiger partial charge in [0.15, 0.2) is 28.4 Å². The van der Waals surface area contributed by atoms with E-state index >= 15 is 0 Å². The molecule has 0 saturated heterocycles. The molecule has 3 aromatic heterocycles. The molecule has 1 aliphatic heterocycles. The molecule has 0 saturated carbocycles. The maximum atomic E-state index is 6.07. The zero-order valence-corrected chi connectivity index (χ0v) is 15.6. The van der Waals surface area contributed by atoms with Crippen LogP contribution in [0.4, 0.5) is 0 Å². The summed E-state index contributed by atoms with van der Waals surface area (Å²) in [6.07, 6.45) is -0.286. The Morgan fingerprint density at radius 1 is 1.04 bits per heavy atom. The summed E-state index contributed by atoms with van der Waals surface area (Å²) in [5.74, 6) is 2.73. The van der Waals surface area contributed by atoms with Crippen LogP contribution in [-0.2, 0) is 0 Å². The van der Waals surface area contributed by atoms with Crippen molar-refractivity contribution in [3.05, 3.63) is 59.1 Å². The third-order valence-corrected chi connectivity index (χ3v) is 5.83. The van der Waals surface area contributed by atoms with Gasteiger partial charge >= 0.3 is 0 Å². The third kappa shape index (κ3) is 2.24. The fourth-order valence-electron chi connectivity index (χ4n) is 3.43. The molecule has 0 radical (unpaired) electrons. The summed E-state index contributed by atoms with van der Waals surface area (Å²) >= 11 is 1.44. The van der Waals surface area contributed by atoms with Crippen molar-refractivity contribution >= 4 is 27.3 Å². The van der Waals surface area contributed by atoms with Crippen molar-refractivity contribution in [2.45, 2.75) is 13.0 Å². The molecular weight excluding hydrogens is 376 g/mol. The Balaban J connectivity index is 1.42. The minimum atomic E-state index is -0.286. The zero-order chi connectivity index (χ0) is 18.7. The number of fused-ring (bicyclic) bond motifs is 3. The smallest absolute Gasteiger partial charge is 0.235 e. The third-order valence-electron chi connectivity index (χ3n) is 4.84. The molecule has 138 valence electrons. The molecule has 5 aromatic rings. The van der Waals surface area contributed by atoms with E-state index < -0.39 is 0 Å². The number of para-hydroxylation sites is 3. The lowest BCUT2D eigenvalue weighted by atomic mass is 10.1. The first-order valence-corrected chi connectivity index (χ1v) is 9.69. The quantitative estimate of drug-likeness (QED) is 0.444. The highest BCUT2D eigenvalue weighted by molar-refractivity contribution is 7.16. The van der Waals surface area contributed by atoms with Crippen molar-refractivity contribution in [2.75, 3.05) is 6.61 Å². The molecule has 28 heavy (non-hydrogen) atoms. The van der Waals surface area contributed by atoms with Gasteiger partial charge in [-0.2, -0.15) is 9.61 Å². The first-order valence-electron chi connectivity index (χ1n) is 8.87. The van der Waals surface area contributed by atoms with Crippen LogP contribution in [0.2, 0.25) is 0 Å². The lowest BCUT2D eigenvalue weighted by Crippen LogP contribution is -2.21. The fraction of sp³-hybridized carbons (Fsp3) is 0.150. The standard InChI is InChI=1S/C20H14N4O3S/c1-11-12-6-2-3-7-13(12)27-17(11)18-21-22-20-24(18)23-19(28-20)16-10-25-14-8-4-5-9-15(14)26-16/h2-9,16H,10H2,1H3/t16-/m0/s1. The number of rotatable bonds is 2. The molecule has 4 heterocycles. The molecule has 0 spiro atoms. The summed E-state index contributed by atoms with van der Waals surface area (Å²) < 4.78 is 19.6. The fourth-order valence-corrected chi connectivity index (χ4v) is 4.28. The van der Waals surface area contributed by atoms with E-state index in [-0.39, 0.29) is 6.10 Å². The van der Waals surface area contributed by atoms with E-state index in [1.807, 2.05) is 55.5 Å². The number of hydrogen-bond acceptors (Lipinski definition) is 7. The Kier molecular flexibility index (Phi) is 3.24. The Hall–Kier alpha value is -3.39. The first-order chi connectivity index (χ1) is 13.8. The van der Waals surface area contributed by atoms with Crippen LogP contribution in [-0.4, -0.2) is 26.4 Å². The topological polar surface area (TPSA) is 74.7 Å². The summed E-state index contributed by atoms with van der Waals surface area (Å²) in [5.41, 5.74) is 1.84. The van der Waals surface area contributed by atoms with Crippen molar-refractivity contribution in [2.24, 2.45) is 0 Å². The number of hydrogen-bond donors (Lipinski definition) is 0. The molecule has 1 aliphatic rings. The lowest BCUT2D eigenvalue weighted by Gasteiger charge is -2.24. The number of benzene rings is 2. The van der Waals surface area contributed by atoms with Crippen molar-refractivity contribution in [3.8, 4) is 23.1 Å². The van der Waals surface area contributed by atoms with Crippen molar-refractivity contribution in [1.29, 1.82) is 0 Å². The van der Waals surface area contributed by atoms with E-state index in [0.29, 0.717) is 23.2 Å². The average Bonchev–Trinajstić information content (AvgIpc) is 3.41. The molecule has 2 aromatic carbocycles. The SMILES string of the molecule is Cc1c(-c2nnc3sc([C@@H]4COc5ccccc5O4)nn23)oc2ccccc12. The second kappa shape index (κ2) is 5.80. The number of ether oxygens (including phenoxy) is 2. The van der Waals surface area contributed by atoms with Crippen molar-refractivity contribution < 1.29 is 13.9 Å². The van der Waals surface area contributed by atoms with E-state index in [1.165, 1.54) is 11.3 Å². The Labute approximate surface area is 163 Å². The number of furan rings is 1. The van der Waals surface area contributed by atoms with Crippen LogP contribution in [0, 0.1) is 6.92 Å². The first kappa shape index (κ1) is 15.6. The lowest BCUT2D eigenvalue weighted by molar-refractivity contribution is 0.0904. The second-order valence-electron chi connectivity index (χ2n) is 6.57. The van der Waals surface area contributed by atoms with Gasteiger partial charge in [-0.25, -0.2) is 0 Å². The van der Waals surface area contributed by atoms with Gasteiger partial charge < -0.3 is 13.9 Å². The summed E-state index contributed by atoms with van der Waals surface area (Å²) in [6.45, 7) is 2.42. The normalized spacial score (nSPS) is 16.1. The predicted octanol–water partition coefficient (Wildman–Crippen LogP) is 4.42. The van der Waals surface area contributed by atoms with Gasteiger partial charge in [-0.15, -0.1) is 10.2 Å². The van der Waals surface area contributed by atoms with Crippen LogP contribution in [0.1, 0.15) is 16.7 Å². The average molecular weight is 390 g/mol. The van der Waals surface area contributed by atoms with Gasteiger partial charge in [0.25, 0.3) is 0 Å². The molecule has 0 unspecified atom stereocenters. The highest BCUT2D eigenvalue weighted by Gasteiger charge is 2.28. The molecule has 0 amide bonds. The van der Waals surface area contributed by atoms with Crippen LogP contribution in [0.25, 0.3) is 27.5 Å². The number of nitrogens with zero attached hydrogens (tertiary/aromatic N) is 4. The Morgan fingerprint density at radius 3 is 2.75 bits per heavy atom. The van der Waals surface area contributed by atoms with Gasteiger partial charge in [0.05, 0.1) is 0 Å². The summed E-state index contributed by atoms with van der Waals surface area (Å²) in [4.78, 5) is 0.687. The van der Waals surface area contributed by atoms with E-state index in [9.17, 15) is 0 Å². The van der Waals surface area contributed by atoms with Crippen molar-refractivity contribution in [1.82, 2.24) is 19.8 Å². The molecule has 0 fully saturated rings. The molecule has 8 heteroatoms. The van der Waals surface area contributed by atoms with Gasteiger partial charge in [0.2, 0.25) is 10.8 Å². The number of aromatic nitrogens is 4. The summed E-state index contributed by atoms with van der Waals surface area (Å²) in [6, 6.07) is 15.6. The minimum absolute atomic E-state index is 0.286. The minimum Gasteiger partial charge on any atom is -0.485 e. The van der Waals surface area contributed by atoms with Crippen LogP contribution in [0.15, 0.2) is 52.9 Å². The highest BCUT2D eigenvalue weighted by atomic mass is 32.1. The van der Waals surface area contributed by atoms with E-state index in [4.69, 9.17) is 19.0 Å². The van der Waals surface area contributed by atoms with E-state index in [1.54, 1.807) is 4.52 Å². The Bertz CT molecular complexity index is 1340. The van der Waals surface area contributed by atoms with Crippen LogP contribution >= 0.6 is 11.3 Å². The van der Waals surface area contributed by atoms with Gasteiger partial charge in [-0.3, -0.25) is 0 Å². The predicted molar refractivity (Wildman–Crippen MR) is 104 cm³/mol. The van der Waals surface area contributed by atoms with Crippen LogP contribution in [0.3, 0.4) is 0 Å². The second-order valence-corrected chi connectivity index (χ2v) is 7.56. The zero-order valence-electron chi connectivity index (χ0n) is 14.8. The molecule has 1 atom stereocenters. The van der Waals surface area contributed by atoms with E-state index in [0.717, 1.165) is 33.0 Å². The molecule has 7 nitrogen and oxygen atoms in total. The van der Waals surface area contributed by atoms with Crippen LogP contribution < -0.4 is 9.47 Å². The molecule has 0 N–H and O–H groups in total. The molecule has 6 rings (SSSR count). The Morgan fingerprint density at radius 2 is 1.86 bits per heavy atom. The van der Waals surface area contributed by atoms with Gasteiger partial charge in [0.1, 0.15) is 12.2 Å². The largest absolute Gasteiger partial charge is 0.485 e. The monoisotopic (exact) mass is 390 g/mol. The van der Waals surface area contributed by atoms with E-state index in [2.05, 4.69) is 10.2 Å². The summed E-state index contributed by atoms with van der Waals surface area (Å²) in [7, 11) is 0. The maximum absolute atomic E-state index is 6.07. The summed E-state index contributed by atoms with van der Waals surface area (Å²) in [5, 5.41) is 15.1. The molecule has 0 bridgehead atoms. The number of aryl methyl sites for hydroxylation is 1. The van der Waals surface area contributed by atoms with Gasteiger partial charge in [-0.05, 0) is 25.1 Å². The van der Waals surface area contributed by atoms with Crippen molar-refractivity contribution in [3.63, 3.8) is 0 Å².